The standard InChI is InChI=1S/C12H21NO4/c1-6-7-9(2)13(4,5)12(3,11(16)17)8-10(14)15/h6,9H,1,7-8H2,2-5H3,(H-,14,15,16,17). The fourth-order valence-corrected chi connectivity index (χ4v) is 1.80. The van der Waals surface area contributed by atoms with E-state index in [1.54, 1.807) is 20.2 Å². The largest absolute Gasteiger partial charge is 0.544 e. The number of carboxylic acids is 2. The molecule has 0 heterocycles. The van der Waals surface area contributed by atoms with Crippen LogP contribution in [0.2, 0.25) is 0 Å². The molecule has 0 amide bonds. The van der Waals surface area contributed by atoms with E-state index in [0.29, 0.717) is 6.42 Å². The van der Waals surface area contributed by atoms with Gasteiger partial charge in [0.15, 0.2) is 0 Å². The fraction of sp³-hybridized carbons (Fsp3) is 0.667. The summed E-state index contributed by atoms with van der Waals surface area (Å²) < 4.78 is 0.0354. The van der Waals surface area contributed by atoms with Gasteiger partial charge in [-0.1, -0.05) is 6.08 Å². The zero-order chi connectivity index (χ0) is 13.9. The predicted octanol–water partition coefficient (Wildman–Crippen LogP) is 0.0107. The van der Waals surface area contributed by atoms with Gasteiger partial charge < -0.3 is 19.5 Å². The topological polar surface area (TPSA) is 77.4 Å². The lowest BCUT2D eigenvalue weighted by Crippen LogP contribution is -2.69. The van der Waals surface area contributed by atoms with E-state index >= 15 is 0 Å². The Morgan fingerprint density at radius 3 is 2.29 bits per heavy atom. The lowest BCUT2D eigenvalue weighted by atomic mass is 9.90. The minimum Gasteiger partial charge on any atom is -0.544 e. The normalized spacial score (nSPS) is 16.9. The summed E-state index contributed by atoms with van der Waals surface area (Å²) in [5, 5.41) is 20.1. The number of carbonyl (C=O) groups is 2. The molecule has 0 bridgehead atoms. The number of carboxylic acid groups (broad SMARTS) is 2. The number of quaternary nitrogens is 1. The number of aliphatic carboxylic acids is 2. The average Bonchev–Trinajstić information content (AvgIpc) is 2.16. The highest BCUT2D eigenvalue weighted by Gasteiger charge is 2.47. The van der Waals surface area contributed by atoms with Gasteiger partial charge >= 0.3 is 5.97 Å². The van der Waals surface area contributed by atoms with Gasteiger partial charge in [-0.2, -0.15) is 0 Å². The van der Waals surface area contributed by atoms with Crippen molar-refractivity contribution >= 4 is 11.9 Å². The first-order valence-electron chi connectivity index (χ1n) is 5.47. The van der Waals surface area contributed by atoms with Gasteiger partial charge in [0.2, 0.25) is 0 Å². The van der Waals surface area contributed by atoms with Crippen LogP contribution < -0.4 is 5.11 Å². The van der Waals surface area contributed by atoms with Gasteiger partial charge in [0.05, 0.1) is 20.1 Å². The Balaban J connectivity index is 5.36. The molecular formula is C12H21NO4. The van der Waals surface area contributed by atoms with E-state index in [1.165, 1.54) is 6.92 Å². The van der Waals surface area contributed by atoms with Crippen LogP contribution in [0, 0.1) is 0 Å². The highest BCUT2D eigenvalue weighted by molar-refractivity contribution is 5.82. The number of nitrogens with zero attached hydrogens (tertiary/aromatic N) is 1. The molecule has 0 rings (SSSR count). The summed E-state index contributed by atoms with van der Waals surface area (Å²) in [5.41, 5.74) is -1.46. The second kappa shape index (κ2) is 5.31. The first-order valence-corrected chi connectivity index (χ1v) is 5.47. The third kappa shape index (κ3) is 3.06. The van der Waals surface area contributed by atoms with E-state index in [2.05, 4.69) is 6.58 Å². The lowest BCUT2D eigenvalue weighted by Gasteiger charge is -2.50. The molecule has 17 heavy (non-hydrogen) atoms. The maximum absolute atomic E-state index is 11.3. The third-order valence-electron chi connectivity index (χ3n) is 3.82. The maximum atomic E-state index is 11.3. The van der Waals surface area contributed by atoms with Crippen molar-refractivity contribution in [3.63, 3.8) is 0 Å². The van der Waals surface area contributed by atoms with E-state index in [0.717, 1.165) is 0 Å². The molecule has 0 aromatic heterocycles. The Hall–Kier alpha value is -1.36. The average molecular weight is 243 g/mol. The van der Waals surface area contributed by atoms with Gasteiger partial charge in [0.25, 0.3) is 0 Å². The minimum atomic E-state index is -1.46. The molecular weight excluding hydrogens is 222 g/mol. The molecule has 0 fully saturated rings. The lowest BCUT2D eigenvalue weighted by molar-refractivity contribution is -0.952. The number of hydrogen-bond donors (Lipinski definition) is 1. The van der Waals surface area contributed by atoms with Crippen LogP contribution in [0.3, 0.4) is 0 Å². The van der Waals surface area contributed by atoms with Gasteiger partial charge in [0, 0.05) is 6.42 Å². The molecule has 2 unspecified atom stereocenters. The Bertz CT molecular complexity index is 324. The number of likely N-dealkylation sites (N-methyl/N-ethyl adjacent to an activating group) is 1. The zero-order valence-corrected chi connectivity index (χ0v) is 10.9. The molecule has 0 aliphatic heterocycles. The predicted molar refractivity (Wildman–Crippen MR) is 62.0 cm³/mol. The number of hydrogen-bond acceptors (Lipinski definition) is 3. The maximum Gasteiger partial charge on any atom is 0.310 e. The molecule has 0 aliphatic carbocycles. The summed E-state index contributed by atoms with van der Waals surface area (Å²) in [4.78, 5) is 22.1. The van der Waals surface area contributed by atoms with Crippen LogP contribution in [-0.4, -0.2) is 47.2 Å². The van der Waals surface area contributed by atoms with Crippen LogP contribution >= 0.6 is 0 Å². The Labute approximate surface area is 102 Å². The summed E-state index contributed by atoms with van der Waals surface area (Å²) in [5.74, 6) is -2.49. The van der Waals surface area contributed by atoms with Crippen LogP contribution in [0.15, 0.2) is 12.7 Å². The van der Waals surface area contributed by atoms with Crippen molar-refractivity contribution in [2.45, 2.75) is 38.3 Å². The van der Waals surface area contributed by atoms with Crippen molar-refractivity contribution in [3.05, 3.63) is 12.7 Å². The molecule has 2 atom stereocenters. The fourth-order valence-electron chi connectivity index (χ4n) is 1.80. The Kier molecular flexibility index (Phi) is 4.89. The van der Waals surface area contributed by atoms with Crippen LogP contribution in [0.4, 0.5) is 0 Å². The Morgan fingerprint density at radius 1 is 1.53 bits per heavy atom. The molecule has 0 saturated heterocycles. The molecule has 1 N–H and O–H groups in total. The van der Waals surface area contributed by atoms with Gasteiger partial charge in [0.1, 0.15) is 17.9 Å². The summed E-state index contributed by atoms with van der Waals surface area (Å²) in [6.07, 6.45) is 1.83. The van der Waals surface area contributed by atoms with Crippen molar-refractivity contribution in [2.75, 3.05) is 14.1 Å². The van der Waals surface area contributed by atoms with E-state index in [4.69, 9.17) is 5.11 Å². The molecule has 0 aromatic rings. The quantitative estimate of drug-likeness (QED) is 0.505. The van der Waals surface area contributed by atoms with Crippen LogP contribution in [0.25, 0.3) is 0 Å². The zero-order valence-electron chi connectivity index (χ0n) is 10.9. The number of carbonyl (C=O) groups excluding carboxylic acids is 1. The van der Waals surface area contributed by atoms with E-state index in [1.807, 2.05) is 6.92 Å². The van der Waals surface area contributed by atoms with E-state index in [9.17, 15) is 14.7 Å². The summed E-state index contributed by atoms with van der Waals surface area (Å²) in [7, 11) is 3.40. The van der Waals surface area contributed by atoms with E-state index < -0.39 is 23.9 Å². The van der Waals surface area contributed by atoms with Crippen molar-refractivity contribution < 1.29 is 24.3 Å². The summed E-state index contributed by atoms with van der Waals surface area (Å²) >= 11 is 0. The molecule has 0 aromatic carbocycles. The SMILES string of the molecule is C=CCC(C)[N+](C)(C)C(C)(CC(=O)O)C(=O)[O-]. The molecule has 5 heteroatoms. The summed E-state index contributed by atoms with van der Waals surface area (Å²) in [6, 6.07) is -0.0604. The van der Waals surface area contributed by atoms with Gasteiger partial charge in [-0.25, -0.2) is 0 Å². The van der Waals surface area contributed by atoms with Gasteiger partial charge in [-0.15, -0.1) is 6.58 Å². The molecule has 0 radical (unpaired) electrons. The Morgan fingerprint density at radius 2 is 2.00 bits per heavy atom. The summed E-state index contributed by atoms with van der Waals surface area (Å²) in [6.45, 7) is 6.89. The highest BCUT2D eigenvalue weighted by Crippen LogP contribution is 2.29. The highest BCUT2D eigenvalue weighted by atomic mass is 16.4. The first kappa shape index (κ1) is 15.6. The van der Waals surface area contributed by atoms with Gasteiger partial charge in [-0.3, -0.25) is 4.79 Å². The van der Waals surface area contributed by atoms with Crippen LogP contribution in [0.1, 0.15) is 26.7 Å². The monoisotopic (exact) mass is 243 g/mol. The molecule has 98 valence electrons. The molecule has 0 saturated carbocycles. The number of rotatable bonds is 7. The van der Waals surface area contributed by atoms with Crippen molar-refractivity contribution in [3.8, 4) is 0 Å². The molecule has 0 spiro atoms. The van der Waals surface area contributed by atoms with Crippen molar-refractivity contribution in [2.24, 2.45) is 0 Å². The van der Waals surface area contributed by atoms with E-state index in [-0.39, 0.29) is 10.5 Å². The third-order valence-corrected chi connectivity index (χ3v) is 3.82. The van der Waals surface area contributed by atoms with Crippen LogP contribution in [-0.2, 0) is 9.59 Å². The minimum absolute atomic E-state index is 0.0354. The van der Waals surface area contributed by atoms with Crippen molar-refractivity contribution in [1.82, 2.24) is 0 Å². The van der Waals surface area contributed by atoms with Crippen LogP contribution in [0.5, 0.6) is 0 Å². The molecule has 0 aliphatic rings. The second-order valence-corrected chi connectivity index (χ2v) is 5.05. The molecule has 5 nitrogen and oxygen atoms in total. The first-order chi connectivity index (χ1) is 7.59. The van der Waals surface area contributed by atoms with Gasteiger partial charge in [-0.05, 0) is 13.8 Å². The van der Waals surface area contributed by atoms with Crippen molar-refractivity contribution in [1.29, 1.82) is 0 Å². The smallest absolute Gasteiger partial charge is 0.310 e. The second-order valence-electron chi connectivity index (χ2n) is 5.05.